The molecule has 28 heavy (non-hydrogen) atoms. The van der Waals surface area contributed by atoms with Crippen molar-refractivity contribution in [1.82, 2.24) is 10.4 Å². The number of hydrogen-bond donors (Lipinski definition) is 5. The van der Waals surface area contributed by atoms with Crippen molar-refractivity contribution in [3.8, 4) is 0 Å². The average Bonchev–Trinajstić information content (AvgIpc) is 2.62. The van der Waals surface area contributed by atoms with Crippen molar-refractivity contribution in [2.75, 3.05) is 6.44 Å². The summed E-state index contributed by atoms with van der Waals surface area (Å²) >= 11 is 0. The maximum Gasteiger partial charge on any atom is 0.335 e. The summed E-state index contributed by atoms with van der Waals surface area (Å²) in [5.41, 5.74) is -1.55. The van der Waals surface area contributed by atoms with Gasteiger partial charge in [0.25, 0.3) is 0 Å². The number of aliphatic carboxylic acids is 3. The second-order valence-electron chi connectivity index (χ2n) is 5.88. The number of carbonyl (C=O) groups is 4. The molecule has 1 aromatic rings. The molecule has 5 N–H and O–H groups in total. The molecule has 0 aliphatic carbocycles. The monoisotopic (exact) mass is 411 g/mol. The lowest BCUT2D eigenvalue weighted by Gasteiger charge is -2.27. The van der Waals surface area contributed by atoms with Gasteiger partial charge < -0.3 is 25.3 Å². The molecule has 1 radical (unpaired) electrons. The maximum absolute atomic E-state index is 12.2. The number of carboxylic acids is 3. The zero-order valence-electron chi connectivity index (χ0n) is 14.8. The third kappa shape index (κ3) is 7.63. The summed E-state index contributed by atoms with van der Waals surface area (Å²) in [4.78, 5) is 45.5. The Hall–Kier alpha value is -2.49. The number of hydrogen-bond acceptors (Lipinski definition) is 6. The lowest BCUT2D eigenvalue weighted by Crippen LogP contribution is -2.49. The van der Waals surface area contributed by atoms with Gasteiger partial charge in [-0.25, -0.2) is 4.79 Å². The van der Waals surface area contributed by atoms with Crippen LogP contribution in [0.25, 0.3) is 0 Å². The minimum Gasteiger partial charge on any atom is -0.481 e. The van der Waals surface area contributed by atoms with E-state index >= 15 is 0 Å². The van der Waals surface area contributed by atoms with Crippen molar-refractivity contribution < 1.29 is 39.2 Å². The van der Waals surface area contributed by atoms with Gasteiger partial charge in [0.05, 0.1) is 18.9 Å². The largest absolute Gasteiger partial charge is 0.481 e. The summed E-state index contributed by atoms with van der Waals surface area (Å²) in [5, 5.41) is 32.3. The Morgan fingerprint density at radius 2 is 1.64 bits per heavy atom. The molecular weight excluding hydrogens is 390 g/mol. The normalized spacial score (nSPS) is 12.0. The number of benzene rings is 1. The zero-order valence-corrected chi connectivity index (χ0v) is 16.0. The van der Waals surface area contributed by atoms with Crippen molar-refractivity contribution in [3.63, 3.8) is 0 Å². The minimum absolute atomic E-state index is 0.245. The molecule has 0 aromatic heterocycles. The molecular formula is C16H21BN2O8P. The molecule has 2 atom stereocenters. The van der Waals surface area contributed by atoms with Gasteiger partial charge in [-0.1, -0.05) is 39.7 Å². The van der Waals surface area contributed by atoms with E-state index in [2.05, 4.69) is 19.8 Å². The van der Waals surface area contributed by atoms with Gasteiger partial charge >= 0.3 is 25.4 Å². The van der Waals surface area contributed by atoms with Gasteiger partial charge in [-0.05, 0) is 12.0 Å². The second-order valence-corrected chi connectivity index (χ2v) is 6.21. The van der Waals surface area contributed by atoms with Gasteiger partial charge in [0.2, 0.25) is 5.91 Å². The number of carbonyl (C=O) groups excluding carboxylic acids is 1. The Balaban J connectivity index is 2.63. The van der Waals surface area contributed by atoms with E-state index in [0.717, 1.165) is 13.0 Å². The zero-order chi connectivity index (χ0) is 21.2. The Kier molecular flexibility index (Phi) is 9.57. The first kappa shape index (κ1) is 23.6. The number of rotatable bonds is 13. The summed E-state index contributed by atoms with van der Waals surface area (Å²) in [7, 11) is 3.12. The molecule has 0 saturated carbocycles. The van der Waals surface area contributed by atoms with Crippen LogP contribution in [0.15, 0.2) is 30.3 Å². The topological polar surface area (TPSA) is 162 Å². The first-order chi connectivity index (χ1) is 13.2. The van der Waals surface area contributed by atoms with E-state index in [1.54, 1.807) is 0 Å². The van der Waals surface area contributed by atoms with E-state index in [1.807, 2.05) is 30.3 Å². The van der Waals surface area contributed by atoms with Crippen LogP contribution in [-0.2, 0) is 30.3 Å². The summed E-state index contributed by atoms with van der Waals surface area (Å²) in [6.45, 7) is 0. The van der Waals surface area contributed by atoms with Gasteiger partial charge in [-0.3, -0.25) is 19.5 Å². The molecule has 151 valence electrons. The highest BCUT2D eigenvalue weighted by Gasteiger charge is 2.44. The van der Waals surface area contributed by atoms with Gasteiger partial charge in [0, 0.05) is 6.44 Å². The molecule has 0 aliphatic heterocycles. The quantitative estimate of drug-likeness (QED) is 0.163. The molecule has 0 heterocycles. The van der Waals surface area contributed by atoms with Crippen molar-refractivity contribution in [3.05, 3.63) is 35.9 Å². The fraction of sp³-hybridized carbons (Fsp3) is 0.375. The highest BCUT2D eigenvalue weighted by atomic mass is 31.0. The Labute approximate surface area is 164 Å². The van der Waals surface area contributed by atoms with Crippen LogP contribution >= 0.6 is 9.39 Å². The molecule has 1 amide bonds. The van der Waals surface area contributed by atoms with E-state index in [9.17, 15) is 24.3 Å². The molecule has 0 spiro atoms. The SMILES string of the molecule is O=C(O)CC(CC(=O)O)(O[B]CNC(=O)C(Cc1ccccc1)NP)C(=O)O. The van der Waals surface area contributed by atoms with Gasteiger partial charge in [0.15, 0.2) is 5.60 Å². The third-order valence-corrected chi connectivity index (χ3v) is 4.13. The highest BCUT2D eigenvalue weighted by molar-refractivity contribution is 7.13. The van der Waals surface area contributed by atoms with Crippen LogP contribution < -0.4 is 10.4 Å². The van der Waals surface area contributed by atoms with Crippen molar-refractivity contribution in [2.24, 2.45) is 0 Å². The first-order valence-electron chi connectivity index (χ1n) is 8.14. The van der Waals surface area contributed by atoms with Gasteiger partial charge in [-0.2, -0.15) is 0 Å². The fourth-order valence-electron chi connectivity index (χ4n) is 2.38. The molecule has 12 heteroatoms. The second kappa shape index (κ2) is 11.4. The van der Waals surface area contributed by atoms with Crippen molar-refractivity contribution in [1.29, 1.82) is 0 Å². The minimum atomic E-state index is -2.47. The molecule has 1 rings (SSSR count). The van der Waals surface area contributed by atoms with Crippen LogP contribution in [0.3, 0.4) is 0 Å². The number of nitrogens with one attached hydrogen (secondary N) is 2. The maximum atomic E-state index is 12.2. The Bertz CT molecular complexity index is 687. The lowest BCUT2D eigenvalue weighted by molar-refractivity contribution is -0.167. The molecule has 0 fully saturated rings. The van der Waals surface area contributed by atoms with Crippen LogP contribution in [-0.4, -0.2) is 64.7 Å². The predicted molar refractivity (Wildman–Crippen MR) is 102 cm³/mol. The summed E-state index contributed by atoms with van der Waals surface area (Å²) in [5.74, 6) is -5.20. The fourth-order valence-corrected chi connectivity index (χ4v) is 2.65. The first-order valence-corrected chi connectivity index (χ1v) is 8.72. The van der Waals surface area contributed by atoms with Crippen LogP contribution in [0.1, 0.15) is 18.4 Å². The van der Waals surface area contributed by atoms with Crippen LogP contribution in [0, 0.1) is 0 Å². The van der Waals surface area contributed by atoms with Crippen LogP contribution in [0.4, 0.5) is 0 Å². The van der Waals surface area contributed by atoms with E-state index < -0.39 is 48.3 Å². The summed E-state index contributed by atoms with van der Waals surface area (Å²) in [6.07, 6.45) is -1.95. The summed E-state index contributed by atoms with van der Waals surface area (Å²) in [6, 6.07) is 8.65. The number of carboxylic acid groups (broad SMARTS) is 3. The number of amides is 1. The molecule has 10 nitrogen and oxygen atoms in total. The average molecular weight is 411 g/mol. The smallest absolute Gasteiger partial charge is 0.335 e. The van der Waals surface area contributed by atoms with Crippen molar-refractivity contribution >= 4 is 40.7 Å². The molecule has 0 aliphatic rings. The Morgan fingerprint density at radius 3 is 2.11 bits per heavy atom. The molecule has 0 saturated heterocycles. The van der Waals surface area contributed by atoms with E-state index in [-0.39, 0.29) is 6.44 Å². The highest BCUT2D eigenvalue weighted by Crippen LogP contribution is 2.21. The van der Waals surface area contributed by atoms with E-state index in [4.69, 9.17) is 14.9 Å². The van der Waals surface area contributed by atoms with E-state index in [1.165, 1.54) is 0 Å². The molecule has 0 bridgehead atoms. The van der Waals surface area contributed by atoms with Crippen molar-refractivity contribution in [2.45, 2.75) is 30.9 Å². The van der Waals surface area contributed by atoms with Gasteiger partial charge in [0.1, 0.15) is 0 Å². The Morgan fingerprint density at radius 1 is 1.07 bits per heavy atom. The van der Waals surface area contributed by atoms with E-state index in [0.29, 0.717) is 6.42 Å². The van der Waals surface area contributed by atoms with Crippen LogP contribution in [0.2, 0.25) is 0 Å². The lowest BCUT2D eigenvalue weighted by atomic mass is 9.90. The summed E-state index contributed by atoms with van der Waals surface area (Å²) < 4.78 is 4.97. The predicted octanol–water partition coefficient (Wildman–Crippen LogP) is -0.540. The molecule has 2 unspecified atom stereocenters. The third-order valence-electron chi connectivity index (χ3n) is 3.73. The van der Waals surface area contributed by atoms with Crippen LogP contribution in [0.5, 0.6) is 0 Å². The standard InChI is InChI=1S/C16H21BN2O8P/c20-12(21)7-16(15(25)26,8-13(22)23)27-17-9-18-14(24)11(19-28)6-10-4-2-1-3-5-10/h1-5,11,19H,6-9,28H2,(H,18,24)(H,20,21)(H,22,23)(H,25,26). The molecule has 1 aromatic carbocycles. The van der Waals surface area contributed by atoms with Gasteiger partial charge in [-0.15, -0.1) is 0 Å².